The first-order chi connectivity index (χ1) is 8.61. The molecule has 0 spiro atoms. The zero-order valence-corrected chi connectivity index (χ0v) is 11.2. The third-order valence-electron chi connectivity index (χ3n) is 2.34. The van der Waals surface area contributed by atoms with Crippen LogP contribution in [0, 0.1) is 0 Å². The van der Waals surface area contributed by atoms with Gasteiger partial charge in [-0.1, -0.05) is 12.1 Å². The topological polar surface area (TPSA) is 47.6 Å². The minimum Gasteiger partial charge on any atom is -0.494 e. The van der Waals surface area contributed by atoms with Crippen LogP contribution in [-0.4, -0.2) is 25.2 Å². The van der Waals surface area contributed by atoms with E-state index in [0.717, 1.165) is 17.9 Å². The summed E-state index contributed by atoms with van der Waals surface area (Å²) in [4.78, 5) is 10.7. The highest BCUT2D eigenvalue weighted by Crippen LogP contribution is 2.12. The number of hydrogen-bond donors (Lipinski definition) is 1. The summed E-state index contributed by atoms with van der Waals surface area (Å²) < 4.78 is 10.5. The largest absolute Gasteiger partial charge is 0.494 e. The first kappa shape index (κ1) is 14.5. The van der Waals surface area contributed by atoms with Crippen LogP contribution in [0.1, 0.15) is 26.3 Å². The van der Waals surface area contributed by atoms with Gasteiger partial charge in [-0.15, -0.1) is 0 Å². The van der Waals surface area contributed by atoms with Gasteiger partial charge in [-0.3, -0.25) is 4.79 Å². The molecule has 0 heterocycles. The van der Waals surface area contributed by atoms with Crippen molar-refractivity contribution >= 4 is 5.97 Å². The Morgan fingerprint density at radius 1 is 1.44 bits per heavy atom. The molecule has 1 aromatic carbocycles. The number of rotatable bonds is 7. The second kappa shape index (κ2) is 7.71. The molecule has 4 nitrogen and oxygen atoms in total. The number of nitrogens with one attached hydrogen (secondary N) is 1. The summed E-state index contributed by atoms with van der Waals surface area (Å²) in [6.07, 6.45) is -0.113. The SMILES string of the molecule is CCOc1cccc(CNCC(C)OC(C)=O)c1. The molecule has 0 radical (unpaired) electrons. The average molecular weight is 251 g/mol. The second-order valence-corrected chi connectivity index (χ2v) is 4.13. The number of esters is 1. The van der Waals surface area contributed by atoms with E-state index in [2.05, 4.69) is 5.32 Å². The van der Waals surface area contributed by atoms with Crippen molar-refractivity contribution in [2.75, 3.05) is 13.2 Å². The van der Waals surface area contributed by atoms with Gasteiger partial charge in [0.2, 0.25) is 0 Å². The van der Waals surface area contributed by atoms with Gasteiger partial charge < -0.3 is 14.8 Å². The maximum atomic E-state index is 10.7. The van der Waals surface area contributed by atoms with Crippen LogP contribution in [0.5, 0.6) is 5.75 Å². The van der Waals surface area contributed by atoms with Crippen molar-refractivity contribution < 1.29 is 14.3 Å². The molecule has 1 aromatic rings. The molecule has 1 rings (SSSR count). The van der Waals surface area contributed by atoms with Crippen molar-refractivity contribution in [2.45, 2.75) is 33.4 Å². The lowest BCUT2D eigenvalue weighted by atomic mass is 10.2. The minimum absolute atomic E-state index is 0.113. The quantitative estimate of drug-likeness (QED) is 0.754. The lowest BCUT2D eigenvalue weighted by Gasteiger charge is -2.13. The van der Waals surface area contributed by atoms with E-state index in [4.69, 9.17) is 9.47 Å². The van der Waals surface area contributed by atoms with Gasteiger partial charge in [0.05, 0.1) is 6.61 Å². The zero-order valence-electron chi connectivity index (χ0n) is 11.2. The smallest absolute Gasteiger partial charge is 0.302 e. The highest BCUT2D eigenvalue weighted by Gasteiger charge is 2.04. The van der Waals surface area contributed by atoms with Gasteiger partial charge in [0.15, 0.2) is 0 Å². The van der Waals surface area contributed by atoms with Crippen molar-refractivity contribution in [3.05, 3.63) is 29.8 Å². The van der Waals surface area contributed by atoms with Crippen LogP contribution in [0.15, 0.2) is 24.3 Å². The third-order valence-corrected chi connectivity index (χ3v) is 2.34. The Balaban J connectivity index is 2.34. The fraction of sp³-hybridized carbons (Fsp3) is 0.500. The van der Waals surface area contributed by atoms with E-state index in [1.54, 1.807) is 0 Å². The van der Waals surface area contributed by atoms with E-state index in [0.29, 0.717) is 13.2 Å². The molecule has 1 atom stereocenters. The Morgan fingerprint density at radius 2 is 2.22 bits per heavy atom. The van der Waals surface area contributed by atoms with Gasteiger partial charge in [-0.05, 0) is 31.5 Å². The van der Waals surface area contributed by atoms with Crippen LogP contribution in [0.4, 0.5) is 0 Å². The van der Waals surface area contributed by atoms with Gasteiger partial charge in [-0.25, -0.2) is 0 Å². The van der Waals surface area contributed by atoms with Crippen molar-refractivity contribution in [3.8, 4) is 5.75 Å². The fourth-order valence-corrected chi connectivity index (χ4v) is 1.66. The lowest BCUT2D eigenvalue weighted by Crippen LogP contribution is -2.27. The van der Waals surface area contributed by atoms with Gasteiger partial charge in [-0.2, -0.15) is 0 Å². The summed E-state index contributed by atoms with van der Waals surface area (Å²) in [6, 6.07) is 7.95. The summed E-state index contributed by atoms with van der Waals surface area (Å²) in [7, 11) is 0. The third kappa shape index (κ3) is 5.68. The molecule has 0 saturated heterocycles. The fourth-order valence-electron chi connectivity index (χ4n) is 1.66. The molecule has 1 N–H and O–H groups in total. The van der Waals surface area contributed by atoms with Crippen LogP contribution in [0.2, 0.25) is 0 Å². The van der Waals surface area contributed by atoms with Crippen LogP contribution in [-0.2, 0) is 16.1 Å². The van der Waals surface area contributed by atoms with Crippen molar-refractivity contribution in [3.63, 3.8) is 0 Å². The Morgan fingerprint density at radius 3 is 2.89 bits per heavy atom. The molecule has 0 saturated carbocycles. The predicted octanol–water partition coefficient (Wildman–Crippen LogP) is 2.13. The average Bonchev–Trinajstić information content (AvgIpc) is 2.29. The predicted molar refractivity (Wildman–Crippen MR) is 70.5 cm³/mol. The van der Waals surface area contributed by atoms with E-state index in [9.17, 15) is 4.79 Å². The molecule has 0 aliphatic carbocycles. The van der Waals surface area contributed by atoms with Gasteiger partial charge >= 0.3 is 5.97 Å². The number of ether oxygens (including phenoxy) is 2. The minimum atomic E-state index is -0.248. The number of carbonyl (C=O) groups excluding carboxylic acids is 1. The molecule has 18 heavy (non-hydrogen) atoms. The summed E-state index contributed by atoms with van der Waals surface area (Å²) in [5.41, 5.74) is 1.15. The lowest BCUT2D eigenvalue weighted by molar-refractivity contribution is -0.145. The summed E-state index contributed by atoms with van der Waals surface area (Å²) in [5.74, 6) is 0.632. The number of carbonyl (C=O) groups is 1. The molecule has 0 bridgehead atoms. The van der Waals surface area contributed by atoms with E-state index >= 15 is 0 Å². The molecule has 0 amide bonds. The Labute approximate surface area is 108 Å². The molecule has 0 aliphatic heterocycles. The molecule has 0 aliphatic rings. The monoisotopic (exact) mass is 251 g/mol. The molecular weight excluding hydrogens is 230 g/mol. The van der Waals surface area contributed by atoms with Gasteiger partial charge in [0.25, 0.3) is 0 Å². The summed E-state index contributed by atoms with van der Waals surface area (Å²) in [6.45, 7) is 7.28. The van der Waals surface area contributed by atoms with Crippen molar-refractivity contribution in [1.29, 1.82) is 0 Å². The summed E-state index contributed by atoms with van der Waals surface area (Å²) >= 11 is 0. The van der Waals surface area contributed by atoms with Crippen LogP contribution in [0.3, 0.4) is 0 Å². The highest BCUT2D eigenvalue weighted by atomic mass is 16.5. The molecule has 1 unspecified atom stereocenters. The Kier molecular flexibility index (Phi) is 6.22. The van der Waals surface area contributed by atoms with E-state index < -0.39 is 0 Å². The second-order valence-electron chi connectivity index (χ2n) is 4.13. The first-order valence-corrected chi connectivity index (χ1v) is 6.21. The van der Waals surface area contributed by atoms with Crippen LogP contribution >= 0.6 is 0 Å². The van der Waals surface area contributed by atoms with Crippen LogP contribution in [0.25, 0.3) is 0 Å². The molecule has 4 heteroatoms. The Hall–Kier alpha value is -1.55. The van der Waals surface area contributed by atoms with Gasteiger partial charge in [0.1, 0.15) is 11.9 Å². The zero-order chi connectivity index (χ0) is 13.4. The van der Waals surface area contributed by atoms with Crippen molar-refractivity contribution in [1.82, 2.24) is 5.32 Å². The molecule has 0 fully saturated rings. The molecule has 100 valence electrons. The molecule has 0 aromatic heterocycles. The first-order valence-electron chi connectivity index (χ1n) is 6.21. The van der Waals surface area contributed by atoms with E-state index in [1.807, 2.05) is 38.1 Å². The standard InChI is InChI=1S/C14H21NO3/c1-4-17-14-7-5-6-13(8-14)10-15-9-11(2)18-12(3)16/h5-8,11,15H,4,9-10H2,1-3H3. The highest BCUT2D eigenvalue weighted by molar-refractivity contribution is 5.66. The summed E-state index contributed by atoms with van der Waals surface area (Å²) in [5, 5.41) is 3.24. The normalized spacial score (nSPS) is 11.9. The van der Waals surface area contributed by atoms with Gasteiger partial charge in [0, 0.05) is 20.0 Å². The van der Waals surface area contributed by atoms with E-state index in [1.165, 1.54) is 6.92 Å². The Bertz CT molecular complexity index is 379. The maximum Gasteiger partial charge on any atom is 0.302 e. The van der Waals surface area contributed by atoms with Crippen molar-refractivity contribution in [2.24, 2.45) is 0 Å². The molecular formula is C14H21NO3. The number of benzene rings is 1. The van der Waals surface area contributed by atoms with E-state index in [-0.39, 0.29) is 12.1 Å². The van der Waals surface area contributed by atoms with Crippen LogP contribution < -0.4 is 10.1 Å². The number of hydrogen-bond acceptors (Lipinski definition) is 4. The maximum absolute atomic E-state index is 10.7.